The van der Waals surface area contributed by atoms with Crippen LogP contribution in [0.1, 0.15) is 24.0 Å². The largest absolute Gasteiger partial charge is 0.497 e. The smallest absolute Gasteiger partial charge is 0.231 e. The van der Waals surface area contributed by atoms with Crippen LogP contribution in [0.25, 0.3) is 10.9 Å². The molecule has 1 atom stereocenters. The molecule has 3 aromatic rings. The minimum absolute atomic E-state index is 0.0150. The van der Waals surface area contributed by atoms with Gasteiger partial charge >= 0.3 is 0 Å². The third-order valence-electron chi connectivity index (χ3n) is 6.78. The first kappa shape index (κ1) is 25.0. The maximum absolute atomic E-state index is 13.8. The van der Waals surface area contributed by atoms with Crippen molar-refractivity contribution >= 4 is 22.6 Å². The third-order valence-corrected chi connectivity index (χ3v) is 6.78. The van der Waals surface area contributed by atoms with Gasteiger partial charge in [-0.1, -0.05) is 0 Å². The van der Waals surface area contributed by atoms with Crippen molar-refractivity contribution in [3.8, 4) is 23.0 Å². The fourth-order valence-electron chi connectivity index (χ4n) is 4.89. The van der Waals surface area contributed by atoms with Crippen LogP contribution in [0, 0.1) is 0 Å². The molecule has 37 heavy (non-hydrogen) atoms. The van der Waals surface area contributed by atoms with Gasteiger partial charge in [-0.15, -0.1) is 0 Å². The molecule has 9 nitrogen and oxygen atoms in total. The van der Waals surface area contributed by atoms with Gasteiger partial charge in [-0.2, -0.15) is 0 Å². The minimum Gasteiger partial charge on any atom is -0.497 e. The van der Waals surface area contributed by atoms with Crippen molar-refractivity contribution < 1.29 is 28.5 Å². The van der Waals surface area contributed by atoms with Gasteiger partial charge in [-0.25, -0.2) is 4.98 Å². The average molecular weight is 508 g/mol. The number of benzene rings is 2. The van der Waals surface area contributed by atoms with E-state index < -0.39 is 0 Å². The number of ether oxygens (including phenoxy) is 5. The summed E-state index contributed by atoms with van der Waals surface area (Å²) in [5, 5.41) is 0.934. The molecular formula is C28H33N3O6. The first-order valence-electron chi connectivity index (χ1n) is 12.5. The first-order valence-corrected chi connectivity index (χ1v) is 12.5. The molecule has 1 amide bonds. The van der Waals surface area contributed by atoms with E-state index in [2.05, 4.69) is 6.07 Å². The highest BCUT2D eigenvalue weighted by molar-refractivity contribution is 5.86. The number of fused-ring (bicyclic) bond motifs is 2. The second-order valence-electron chi connectivity index (χ2n) is 9.53. The van der Waals surface area contributed by atoms with Crippen LogP contribution in [0.15, 0.2) is 36.4 Å². The highest BCUT2D eigenvalue weighted by Gasteiger charge is 2.26. The molecule has 0 N–H and O–H groups in total. The molecule has 2 aliphatic heterocycles. The Hall–Kier alpha value is -3.72. The second kappa shape index (κ2) is 10.7. The van der Waals surface area contributed by atoms with Crippen molar-refractivity contribution in [2.75, 3.05) is 53.2 Å². The number of rotatable bonds is 9. The molecule has 1 unspecified atom stereocenters. The summed E-state index contributed by atoms with van der Waals surface area (Å²) >= 11 is 0. The zero-order valence-corrected chi connectivity index (χ0v) is 21.8. The second-order valence-corrected chi connectivity index (χ2v) is 9.53. The van der Waals surface area contributed by atoms with Crippen LogP contribution in [0.4, 0.5) is 5.82 Å². The lowest BCUT2D eigenvalue weighted by Crippen LogP contribution is -2.38. The highest BCUT2D eigenvalue weighted by Crippen LogP contribution is 2.37. The van der Waals surface area contributed by atoms with Crippen molar-refractivity contribution in [1.82, 2.24) is 9.88 Å². The number of carbonyl (C=O) groups excluding carboxylic acids is 1. The maximum Gasteiger partial charge on any atom is 0.231 e. The van der Waals surface area contributed by atoms with Crippen molar-refractivity contribution in [3.05, 3.63) is 47.5 Å². The van der Waals surface area contributed by atoms with Gasteiger partial charge in [0.05, 0.1) is 32.3 Å². The van der Waals surface area contributed by atoms with Crippen LogP contribution in [0.2, 0.25) is 0 Å². The summed E-state index contributed by atoms with van der Waals surface area (Å²) in [6.07, 6.45) is 2.14. The van der Waals surface area contributed by atoms with Crippen LogP contribution < -0.4 is 23.8 Å². The Morgan fingerprint density at radius 3 is 2.57 bits per heavy atom. The number of hydrogen-bond acceptors (Lipinski definition) is 8. The van der Waals surface area contributed by atoms with Gasteiger partial charge < -0.3 is 33.5 Å². The van der Waals surface area contributed by atoms with Crippen molar-refractivity contribution in [2.45, 2.75) is 31.9 Å². The summed E-state index contributed by atoms with van der Waals surface area (Å²) in [7, 11) is 7.13. The molecule has 1 aromatic heterocycles. The van der Waals surface area contributed by atoms with E-state index in [0.717, 1.165) is 47.3 Å². The summed E-state index contributed by atoms with van der Waals surface area (Å²) in [4.78, 5) is 22.5. The lowest BCUT2D eigenvalue weighted by Gasteiger charge is -2.28. The molecule has 0 spiro atoms. The van der Waals surface area contributed by atoms with Gasteiger partial charge in [0, 0.05) is 56.4 Å². The van der Waals surface area contributed by atoms with Crippen LogP contribution in [0.5, 0.6) is 23.0 Å². The van der Waals surface area contributed by atoms with E-state index in [9.17, 15) is 4.79 Å². The fourth-order valence-corrected chi connectivity index (χ4v) is 4.89. The quantitative estimate of drug-likeness (QED) is 0.433. The Kier molecular flexibility index (Phi) is 7.23. The van der Waals surface area contributed by atoms with Crippen LogP contribution in [0.3, 0.4) is 0 Å². The zero-order valence-electron chi connectivity index (χ0n) is 21.8. The summed E-state index contributed by atoms with van der Waals surface area (Å²) in [6.45, 7) is 1.84. The number of pyridine rings is 1. The van der Waals surface area contributed by atoms with Gasteiger partial charge in [-0.05, 0) is 43.2 Å². The van der Waals surface area contributed by atoms with Crippen molar-refractivity contribution in [2.24, 2.45) is 0 Å². The van der Waals surface area contributed by atoms with Crippen LogP contribution >= 0.6 is 0 Å². The van der Waals surface area contributed by atoms with Crippen LogP contribution in [-0.4, -0.2) is 70.2 Å². The van der Waals surface area contributed by atoms with E-state index in [0.29, 0.717) is 36.1 Å². The van der Waals surface area contributed by atoms with Crippen molar-refractivity contribution in [1.29, 1.82) is 0 Å². The Morgan fingerprint density at radius 2 is 1.86 bits per heavy atom. The Bertz CT molecular complexity index is 1290. The number of aromatic nitrogens is 1. The number of amides is 1. The van der Waals surface area contributed by atoms with Gasteiger partial charge in [0.1, 0.15) is 17.3 Å². The van der Waals surface area contributed by atoms with Gasteiger partial charge in [0.2, 0.25) is 12.7 Å². The topological polar surface area (TPSA) is 82.6 Å². The molecule has 9 heteroatoms. The fraction of sp³-hybridized carbons (Fsp3) is 0.429. The Labute approximate surface area is 216 Å². The number of hydrogen-bond donors (Lipinski definition) is 0. The summed E-state index contributed by atoms with van der Waals surface area (Å²) in [5.41, 5.74) is 2.54. The molecule has 0 aliphatic carbocycles. The molecule has 0 saturated carbocycles. The van der Waals surface area contributed by atoms with Gasteiger partial charge in [0.25, 0.3) is 0 Å². The summed E-state index contributed by atoms with van der Waals surface area (Å²) in [5.74, 6) is 3.52. The predicted molar refractivity (Wildman–Crippen MR) is 140 cm³/mol. The minimum atomic E-state index is -0.0162. The normalized spacial score (nSPS) is 16.2. The van der Waals surface area contributed by atoms with E-state index in [1.165, 1.54) is 0 Å². The summed E-state index contributed by atoms with van der Waals surface area (Å²) < 4.78 is 27.9. The highest BCUT2D eigenvalue weighted by atomic mass is 16.7. The molecule has 0 radical (unpaired) electrons. The Balaban J connectivity index is 1.48. The zero-order chi connectivity index (χ0) is 25.9. The SMILES string of the molecule is COc1ccc(OC)c(CC(=O)N(Cc2cc3cc4c(cc3nc2N(C)C)OCO4)CC2CCCO2)c1. The van der Waals surface area contributed by atoms with E-state index in [1.807, 2.05) is 54.2 Å². The molecule has 1 fully saturated rings. The monoisotopic (exact) mass is 507 g/mol. The van der Waals surface area contributed by atoms with E-state index in [4.69, 9.17) is 28.7 Å². The summed E-state index contributed by atoms with van der Waals surface area (Å²) in [6, 6.07) is 11.4. The molecule has 2 aromatic carbocycles. The lowest BCUT2D eigenvalue weighted by molar-refractivity contribution is -0.132. The van der Waals surface area contributed by atoms with E-state index in [1.54, 1.807) is 14.2 Å². The molecule has 1 saturated heterocycles. The van der Waals surface area contributed by atoms with Gasteiger partial charge in [-0.3, -0.25) is 4.79 Å². The molecule has 5 rings (SSSR count). The van der Waals surface area contributed by atoms with Crippen molar-refractivity contribution in [3.63, 3.8) is 0 Å². The number of nitrogens with zero attached hydrogens (tertiary/aromatic N) is 3. The molecular weight excluding hydrogens is 474 g/mol. The first-order chi connectivity index (χ1) is 17.9. The molecule has 196 valence electrons. The predicted octanol–water partition coefficient (Wildman–Crippen LogP) is 3.80. The standard InChI is InChI=1S/C28H33N3O6/c1-30(2)28-20(10-18-12-25-26(37-17-36-25)14-23(18)29-28)15-31(16-22-6-5-9-35-22)27(32)13-19-11-21(33-3)7-8-24(19)34-4/h7-8,10-12,14,22H,5-6,9,13,15-17H2,1-4H3. The lowest BCUT2D eigenvalue weighted by atomic mass is 10.1. The van der Waals surface area contributed by atoms with E-state index in [-0.39, 0.29) is 25.2 Å². The Morgan fingerprint density at radius 1 is 1.05 bits per heavy atom. The van der Waals surface area contributed by atoms with Crippen LogP contribution in [-0.2, 0) is 22.5 Å². The molecule has 0 bridgehead atoms. The van der Waals surface area contributed by atoms with Gasteiger partial charge in [0.15, 0.2) is 11.5 Å². The third kappa shape index (κ3) is 5.36. The maximum atomic E-state index is 13.8. The number of methoxy groups -OCH3 is 2. The van der Waals surface area contributed by atoms with E-state index >= 15 is 0 Å². The molecule has 3 heterocycles. The molecule has 2 aliphatic rings. The number of anilines is 1. The number of carbonyl (C=O) groups is 1. The average Bonchev–Trinajstić information content (AvgIpc) is 3.58.